The lowest BCUT2D eigenvalue weighted by Gasteiger charge is -2.35. The van der Waals surface area contributed by atoms with Crippen molar-refractivity contribution in [3.63, 3.8) is 0 Å². The summed E-state index contributed by atoms with van der Waals surface area (Å²) in [5.41, 5.74) is 4.94. The highest BCUT2D eigenvalue weighted by atomic mass is 32.1. The van der Waals surface area contributed by atoms with Gasteiger partial charge in [0, 0.05) is 36.2 Å². The fraction of sp³-hybridized carbons (Fsp3) is 0.250. The molecular weight excluding hydrogens is 394 g/mol. The second kappa shape index (κ2) is 9.22. The van der Waals surface area contributed by atoms with Crippen molar-refractivity contribution >= 4 is 30.1 Å². The van der Waals surface area contributed by atoms with Crippen LogP contribution in [-0.2, 0) is 9.59 Å². The Labute approximate surface area is 183 Å². The van der Waals surface area contributed by atoms with Crippen molar-refractivity contribution in [3.05, 3.63) is 82.6 Å². The van der Waals surface area contributed by atoms with Gasteiger partial charge < -0.3 is 16.0 Å². The predicted molar refractivity (Wildman–Crippen MR) is 124 cm³/mol. The third-order valence-corrected chi connectivity index (χ3v) is 5.87. The first-order valence-corrected chi connectivity index (χ1v) is 10.3. The highest BCUT2D eigenvalue weighted by Crippen LogP contribution is 2.43. The number of aryl methyl sites for hydroxylation is 1. The number of nitrogens with one attached hydrogen (secondary N) is 3. The van der Waals surface area contributed by atoms with Crippen molar-refractivity contribution < 1.29 is 9.59 Å². The van der Waals surface area contributed by atoms with E-state index < -0.39 is 11.8 Å². The second-order valence-corrected chi connectivity index (χ2v) is 7.83. The van der Waals surface area contributed by atoms with Crippen LogP contribution < -0.4 is 16.0 Å². The first-order valence-electron chi connectivity index (χ1n) is 9.85. The van der Waals surface area contributed by atoms with Crippen LogP contribution in [0.4, 0.5) is 5.69 Å². The molecule has 0 aliphatic heterocycles. The Hall–Kier alpha value is -2.99. The van der Waals surface area contributed by atoms with E-state index in [1.54, 1.807) is 14.1 Å². The fourth-order valence-electron chi connectivity index (χ4n) is 4.01. The zero-order valence-corrected chi connectivity index (χ0v) is 18.5. The van der Waals surface area contributed by atoms with E-state index in [2.05, 4.69) is 28.6 Å². The van der Waals surface area contributed by atoms with E-state index in [1.165, 1.54) is 0 Å². The Balaban J connectivity index is 2.22. The van der Waals surface area contributed by atoms with Crippen LogP contribution >= 0.6 is 12.6 Å². The lowest BCUT2D eigenvalue weighted by atomic mass is 9.71. The molecular formula is C24H27N3O2S. The molecule has 156 valence electrons. The summed E-state index contributed by atoms with van der Waals surface area (Å²) in [5.74, 6) is -1.36. The molecule has 0 heterocycles. The van der Waals surface area contributed by atoms with Crippen LogP contribution in [0.2, 0.25) is 0 Å². The van der Waals surface area contributed by atoms with Gasteiger partial charge in [-0.25, -0.2) is 0 Å². The Bertz CT molecular complexity index is 1040. The van der Waals surface area contributed by atoms with E-state index in [0.29, 0.717) is 5.57 Å². The molecule has 2 aromatic rings. The molecule has 0 radical (unpaired) electrons. The zero-order valence-electron chi connectivity index (χ0n) is 17.6. The topological polar surface area (TPSA) is 70.2 Å². The Morgan fingerprint density at radius 2 is 1.60 bits per heavy atom. The lowest BCUT2D eigenvalue weighted by molar-refractivity contribution is -0.124. The number of carbonyl (C=O) groups is 2. The van der Waals surface area contributed by atoms with Gasteiger partial charge in [-0.05, 0) is 48.8 Å². The number of hydrogen-bond donors (Lipinski definition) is 4. The van der Waals surface area contributed by atoms with Gasteiger partial charge in [-0.2, -0.15) is 0 Å². The number of para-hydroxylation sites is 1. The van der Waals surface area contributed by atoms with Gasteiger partial charge in [0.1, 0.15) is 0 Å². The van der Waals surface area contributed by atoms with Crippen LogP contribution in [0.5, 0.6) is 0 Å². The van der Waals surface area contributed by atoms with E-state index in [0.717, 1.165) is 33.0 Å². The lowest BCUT2D eigenvalue weighted by Crippen LogP contribution is -2.40. The summed E-state index contributed by atoms with van der Waals surface area (Å²) in [6, 6.07) is 15.5. The molecule has 2 unspecified atom stereocenters. The summed E-state index contributed by atoms with van der Waals surface area (Å²) in [7, 11) is 3.23. The van der Waals surface area contributed by atoms with E-state index in [4.69, 9.17) is 0 Å². The monoisotopic (exact) mass is 421 g/mol. The summed E-state index contributed by atoms with van der Waals surface area (Å²) < 4.78 is 0. The van der Waals surface area contributed by atoms with Crippen molar-refractivity contribution in [2.45, 2.75) is 24.7 Å². The number of carbonyl (C=O) groups excluding carboxylic acids is 2. The van der Waals surface area contributed by atoms with Crippen molar-refractivity contribution in [1.82, 2.24) is 10.6 Å². The maximum Gasteiger partial charge on any atom is 0.247 e. The van der Waals surface area contributed by atoms with Gasteiger partial charge in [0.2, 0.25) is 11.8 Å². The van der Waals surface area contributed by atoms with Crippen LogP contribution in [0.1, 0.15) is 24.0 Å². The van der Waals surface area contributed by atoms with Crippen LogP contribution in [-0.4, -0.2) is 25.9 Å². The molecule has 2 amide bonds. The number of likely N-dealkylation sites (N-methyl/N-ethyl adjacent to an activating group) is 1. The van der Waals surface area contributed by atoms with Crippen molar-refractivity contribution in [2.75, 3.05) is 19.4 Å². The summed E-state index contributed by atoms with van der Waals surface area (Å²) in [4.78, 5) is 26.8. The number of hydrogen-bond acceptors (Lipinski definition) is 4. The zero-order chi connectivity index (χ0) is 21.8. The van der Waals surface area contributed by atoms with Gasteiger partial charge >= 0.3 is 0 Å². The molecule has 1 aliphatic carbocycles. The molecule has 0 saturated heterocycles. The molecule has 0 spiro atoms. The molecule has 6 heteroatoms. The fourth-order valence-corrected chi connectivity index (χ4v) is 4.23. The Kier molecular flexibility index (Phi) is 6.67. The van der Waals surface area contributed by atoms with Crippen molar-refractivity contribution in [1.29, 1.82) is 0 Å². The molecule has 3 N–H and O–H groups in total. The molecule has 0 fully saturated rings. The molecule has 2 atom stereocenters. The van der Waals surface area contributed by atoms with Gasteiger partial charge in [0.25, 0.3) is 0 Å². The van der Waals surface area contributed by atoms with Gasteiger partial charge in [0.05, 0.1) is 11.6 Å². The van der Waals surface area contributed by atoms with E-state index in [1.807, 2.05) is 68.5 Å². The van der Waals surface area contributed by atoms with Crippen LogP contribution in [0.3, 0.4) is 0 Å². The molecule has 0 bridgehead atoms. The average molecular weight is 422 g/mol. The average Bonchev–Trinajstić information content (AvgIpc) is 2.74. The SMILES string of the molecule is CNC(=O)C1=C(C)C=C(Nc2ccccc2S)C(C(=O)NC)C1c1ccccc1C. The third kappa shape index (κ3) is 4.14. The van der Waals surface area contributed by atoms with E-state index >= 15 is 0 Å². The van der Waals surface area contributed by atoms with Crippen molar-refractivity contribution in [3.8, 4) is 0 Å². The molecule has 0 aromatic heterocycles. The predicted octanol–water partition coefficient (Wildman–Crippen LogP) is 3.80. The first kappa shape index (κ1) is 21.7. The van der Waals surface area contributed by atoms with Crippen LogP contribution in [0.25, 0.3) is 0 Å². The maximum absolute atomic E-state index is 13.1. The summed E-state index contributed by atoms with van der Waals surface area (Å²) >= 11 is 4.53. The minimum absolute atomic E-state index is 0.160. The number of thiol groups is 1. The minimum Gasteiger partial charge on any atom is -0.359 e. The van der Waals surface area contributed by atoms with Gasteiger partial charge in [-0.3, -0.25) is 9.59 Å². The van der Waals surface area contributed by atoms with E-state index in [-0.39, 0.29) is 11.8 Å². The quantitative estimate of drug-likeness (QED) is 0.555. The maximum atomic E-state index is 13.1. The van der Waals surface area contributed by atoms with Crippen LogP contribution in [0.15, 0.2) is 76.3 Å². The third-order valence-electron chi connectivity index (χ3n) is 5.48. The Morgan fingerprint density at radius 3 is 2.23 bits per heavy atom. The molecule has 3 rings (SSSR count). The molecule has 0 saturated carbocycles. The largest absolute Gasteiger partial charge is 0.359 e. The minimum atomic E-state index is -0.597. The molecule has 2 aromatic carbocycles. The molecule has 5 nitrogen and oxygen atoms in total. The summed E-state index contributed by atoms with van der Waals surface area (Å²) in [5, 5.41) is 8.93. The Morgan fingerprint density at radius 1 is 0.933 bits per heavy atom. The highest BCUT2D eigenvalue weighted by Gasteiger charge is 2.41. The highest BCUT2D eigenvalue weighted by molar-refractivity contribution is 7.80. The standard InChI is InChI=1S/C24H27N3O2S/c1-14-9-5-6-10-16(14)21-20(23(28)25-3)15(2)13-18(22(21)24(29)26-4)27-17-11-7-8-12-19(17)30/h5-13,21-22,27,30H,1-4H3,(H,25,28)(H,26,29). The number of benzene rings is 2. The van der Waals surface area contributed by atoms with Crippen LogP contribution in [0, 0.1) is 12.8 Å². The smallest absolute Gasteiger partial charge is 0.247 e. The second-order valence-electron chi connectivity index (χ2n) is 7.34. The number of allylic oxidation sites excluding steroid dienone is 2. The molecule has 30 heavy (non-hydrogen) atoms. The van der Waals surface area contributed by atoms with Crippen molar-refractivity contribution in [2.24, 2.45) is 5.92 Å². The number of rotatable bonds is 5. The first-order chi connectivity index (χ1) is 14.4. The number of anilines is 1. The normalized spacial score (nSPS) is 18.5. The molecule has 1 aliphatic rings. The van der Waals surface area contributed by atoms with Gasteiger partial charge in [0.15, 0.2) is 0 Å². The van der Waals surface area contributed by atoms with E-state index in [9.17, 15) is 9.59 Å². The van der Waals surface area contributed by atoms with Gasteiger partial charge in [-0.15, -0.1) is 12.6 Å². The van der Waals surface area contributed by atoms with Gasteiger partial charge in [-0.1, -0.05) is 36.4 Å². The number of amides is 2. The summed E-state index contributed by atoms with van der Waals surface area (Å²) in [6.07, 6.45) is 1.89. The summed E-state index contributed by atoms with van der Waals surface area (Å²) in [6.45, 7) is 3.91.